The van der Waals surface area contributed by atoms with Gasteiger partial charge in [0.15, 0.2) is 0 Å². The van der Waals surface area contributed by atoms with Gasteiger partial charge >= 0.3 is 0 Å². The lowest BCUT2D eigenvalue weighted by molar-refractivity contribution is 0.0471. The van der Waals surface area contributed by atoms with Crippen LogP contribution in [0.4, 0.5) is 0 Å². The summed E-state index contributed by atoms with van der Waals surface area (Å²) in [6, 6.07) is 10.1. The maximum absolute atomic E-state index is 13.0. The van der Waals surface area contributed by atoms with Gasteiger partial charge in [0, 0.05) is 26.3 Å². The molecule has 2 fully saturated rings. The van der Waals surface area contributed by atoms with Crippen molar-refractivity contribution >= 4 is 17.2 Å². The van der Waals surface area contributed by atoms with Crippen LogP contribution < -0.4 is 0 Å². The first-order valence-electron chi connectivity index (χ1n) is 8.69. The van der Waals surface area contributed by atoms with E-state index in [1.807, 2.05) is 35.2 Å². The zero-order valence-corrected chi connectivity index (χ0v) is 14.5. The van der Waals surface area contributed by atoms with Gasteiger partial charge in [-0.15, -0.1) is 11.3 Å². The Kier molecular flexibility index (Phi) is 4.63. The van der Waals surface area contributed by atoms with E-state index in [1.54, 1.807) is 16.8 Å². The van der Waals surface area contributed by atoms with Crippen molar-refractivity contribution in [2.75, 3.05) is 26.3 Å². The summed E-state index contributed by atoms with van der Waals surface area (Å²) in [6.07, 6.45) is 3.39. The minimum absolute atomic E-state index is 0.0877. The third kappa shape index (κ3) is 3.10. The summed E-state index contributed by atoms with van der Waals surface area (Å²) in [5.74, 6) is 1.42. The van der Waals surface area contributed by atoms with Crippen LogP contribution in [0.15, 0.2) is 35.8 Å². The first-order valence-corrected chi connectivity index (χ1v) is 9.57. The average molecular weight is 342 g/mol. The normalized spacial score (nSPS) is 22.0. The second-order valence-corrected chi connectivity index (χ2v) is 7.50. The van der Waals surface area contributed by atoms with Crippen molar-refractivity contribution < 1.29 is 9.53 Å². The lowest BCUT2D eigenvalue weighted by Crippen LogP contribution is -2.31. The second-order valence-electron chi connectivity index (χ2n) is 6.65. The highest BCUT2D eigenvalue weighted by atomic mass is 32.1. The van der Waals surface area contributed by atoms with Crippen LogP contribution in [0.5, 0.6) is 0 Å². The molecule has 2 aliphatic rings. The van der Waals surface area contributed by atoms with Crippen LogP contribution in [0.1, 0.15) is 29.8 Å². The zero-order valence-electron chi connectivity index (χ0n) is 13.7. The van der Waals surface area contributed by atoms with E-state index in [4.69, 9.17) is 4.74 Å². The Bertz CT molecular complexity index is 694. The molecule has 0 radical (unpaired) electrons. The van der Waals surface area contributed by atoms with Gasteiger partial charge in [-0.25, -0.2) is 4.98 Å². The minimum atomic E-state index is 0.0877. The number of carbonyl (C=O) groups excluding carboxylic acids is 1. The van der Waals surface area contributed by atoms with Gasteiger partial charge < -0.3 is 9.64 Å². The predicted octanol–water partition coefficient (Wildman–Crippen LogP) is 3.70. The van der Waals surface area contributed by atoms with Crippen LogP contribution in [0.2, 0.25) is 0 Å². The number of thiazole rings is 1. The van der Waals surface area contributed by atoms with Crippen molar-refractivity contribution in [1.82, 2.24) is 9.88 Å². The molecule has 0 aliphatic carbocycles. The van der Waals surface area contributed by atoms with E-state index in [-0.39, 0.29) is 5.91 Å². The van der Waals surface area contributed by atoms with Crippen molar-refractivity contribution in [2.24, 2.45) is 11.8 Å². The molecule has 2 saturated heterocycles. The van der Waals surface area contributed by atoms with Crippen molar-refractivity contribution in [1.29, 1.82) is 0 Å². The Hall–Kier alpha value is -1.72. The largest absolute Gasteiger partial charge is 0.381 e. The fourth-order valence-corrected chi connectivity index (χ4v) is 4.67. The van der Waals surface area contributed by atoms with E-state index in [2.05, 4.69) is 4.98 Å². The van der Waals surface area contributed by atoms with E-state index in [0.29, 0.717) is 17.5 Å². The molecule has 0 N–H and O–H groups in total. The number of hydrogen-bond acceptors (Lipinski definition) is 4. The number of rotatable bonds is 3. The lowest BCUT2D eigenvalue weighted by Gasteiger charge is -2.27. The van der Waals surface area contributed by atoms with Gasteiger partial charge in [0.1, 0.15) is 5.69 Å². The van der Waals surface area contributed by atoms with Gasteiger partial charge in [0.25, 0.3) is 5.91 Å². The maximum atomic E-state index is 13.0. The SMILES string of the molecule is O=C(c1ncsc1-c1ccccc1)N1CC[C@H](C2CCOCC2)C1. The van der Waals surface area contributed by atoms with Gasteiger partial charge in [0.2, 0.25) is 0 Å². The highest BCUT2D eigenvalue weighted by molar-refractivity contribution is 7.13. The van der Waals surface area contributed by atoms with Crippen molar-refractivity contribution in [3.05, 3.63) is 41.5 Å². The molecule has 1 atom stereocenters. The molecule has 4 rings (SSSR count). The first kappa shape index (κ1) is 15.8. The molecule has 5 heteroatoms. The van der Waals surface area contributed by atoms with E-state index in [1.165, 1.54) is 0 Å². The van der Waals surface area contributed by atoms with Crippen molar-refractivity contribution in [2.45, 2.75) is 19.3 Å². The molecule has 1 aromatic carbocycles. The summed E-state index contributed by atoms with van der Waals surface area (Å²) in [6.45, 7) is 3.47. The van der Waals surface area contributed by atoms with E-state index < -0.39 is 0 Å². The molecule has 3 heterocycles. The number of ether oxygens (including phenoxy) is 1. The molecule has 1 aromatic heterocycles. The summed E-state index contributed by atoms with van der Waals surface area (Å²) in [7, 11) is 0. The van der Waals surface area contributed by atoms with Crippen LogP contribution in [-0.2, 0) is 4.74 Å². The molecule has 0 bridgehead atoms. The van der Waals surface area contributed by atoms with Crippen LogP contribution in [0.25, 0.3) is 10.4 Å². The number of likely N-dealkylation sites (tertiary alicyclic amines) is 1. The zero-order chi connectivity index (χ0) is 16.4. The van der Waals surface area contributed by atoms with Crippen LogP contribution in [-0.4, -0.2) is 42.1 Å². The minimum Gasteiger partial charge on any atom is -0.381 e. The highest BCUT2D eigenvalue weighted by Gasteiger charge is 2.34. The summed E-state index contributed by atoms with van der Waals surface area (Å²) >= 11 is 1.54. The number of benzene rings is 1. The fourth-order valence-electron chi connectivity index (χ4n) is 3.89. The summed E-state index contributed by atoms with van der Waals surface area (Å²) < 4.78 is 5.47. The van der Waals surface area contributed by atoms with Gasteiger partial charge in [-0.05, 0) is 36.7 Å². The topological polar surface area (TPSA) is 42.4 Å². The standard InChI is InChI=1S/C19H22N2O2S/c22-19(17-18(24-13-20-17)15-4-2-1-3-5-15)21-9-6-16(12-21)14-7-10-23-11-8-14/h1-5,13-14,16H,6-12H2/t16-/m0/s1. The fraction of sp³-hybridized carbons (Fsp3) is 0.474. The average Bonchev–Trinajstić information content (AvgIpc) is 3.32. The lowest BCUT2D eigenvalue weighted by atomic mass is 9.85. The molecule has 0 spiro atoms. The van der Waals surface area contributed by atoms with E-state index in [9.17, 15) is 4.79 Å². The number of amides is 1. The highest BCUT2D eigenvalue weighted by Crippen LogP contribution is 2.33. The van der Waals surface area contributed by atoms with E-state index in [0.717, 1.165) is 56.0 Å². The smallest absolute Gasteiger partial charge is 0.273 e. The third-order valence-electron chi connectivity index (χ3n) is 5.25. The van der Waals surface area contributed by atoms with Crippen LogP contribution in [0.3, 0.4) is 0 Å². The summed E-state index contributed by atoms with van der Waals surface area (Å²) in [5, 5.41) is 0. The molecule has 1 amide bonds. The molecule has 2 aliphatic heterocycles. The Balaban J connectivity index is 1.48. The first-order chi connectivity index (χ1) is 11.8. The maximum Gasteiger partial charge on any atom is 0.273 e. The van der Waals surface area contributed by atoms with Gasteiger partial charge in [0.05, 0.1) is 10.4 Å². The van der Waals surface area contributed by atoms with Gasteiger partial charge in [-0.1, -0.05) is 30.3 Å². The number of hydrogen-bond donors (Lipinski definition) is 0. The molecule has 2 aromatic rings. The molecule has 0 saturated carbocycles. The number of nitrogens with zero attached hydrogens (tertiary/aromatic N) is 2. The third-order valence-corrected chi connectivity index (χ3v) is 6.13. The summed E-state index contributed by atoms with van der Waals surface area (Å²) in [5.41, 5.74) is 3.46. The van der Waals surface area contributed by atoms with Crippen molar-refractivity contribution in [3.8, 4) is 10.4 Å². The Morgan fingerprint density at radius 3 is 2.71 bits per heavy atom. The van der Waals surface area contributed by atoms with Gasteiger partial charge in [-0.2, -0.15) is 0 Å². The monoisotopic (exact) mass is 342 g/mol. The quantitative estimate of drug-likeness (QED) is 0.854. The Labute approximate surface area is 146 Å². The van der Waals surface area contributed by atoms with Crippen LogP contribution >= 0.6 is 11.3 Å². The number of carbonyl (C=O) groups is 1. The molecule has 4 nitrogen and oxygen atoms in total. The Morgan fingerprint density at radius 1 is 1.12 bits per heavy atom. The Morgan fingerprint density at radius 2 is 1.92 bits per heavy atom. The molecular weight excluding hydrogens is 320 g/mol. The predicted molar refractivity (Wildman–Crippen MR) is 95.1 cm³/mol. The number of aromatic nitrogens is 1. The second kappa shape index (κ2) is 7.03. The molecular formula is C19H22N2O2S. The molecule has 126 valence electrons. The van der Waals surface area contributed by atoms with Gasteiger partial charge in [-0.3, -0.25) is 4.79 Å². The van der Waals surface area contributed by atoms with Crippen LogP contribution in [0, 0.1) is 11.8 Å². The molecule has 24 heavy (non-hydrogen) atoms. The summed E-state index contributed by atoms with van der Waals surface area (Å²) in [4.78, 5) is 20.3. The van der Waals surface area contributed by atoms with Crippen molar-refractivity contribution in [3.63, 3.8) is 0 Å². The van der Waals surface area contributed by atoms with E-state index >= 15 is 0 Å². The molecule has 0 unspecified atom stereocenters.